The maximum absolute atomic E-state index is 16.6. The molecule has 3 aliphatic carbocycles. The van der Waals surface area contributed by atoms with E-state index in [1.165, 1.54) is 39.6 Å². The molecule has 5 heterocycles. The fourth-order valence-electron chi connectivity index (χ4n) is 11.3. The van der Waals surface area contributed by atoms with E-state index >= 15 is 17.6 Å². The summed E-state index contributed by atoms with van der Waals surface area (Å²) in [6.45, 7) is 1.28. The van der Waals surface area contributed by atoms with Gasteiger partial charge in [-0.25, -0.2) is 9.18 Å². The number of aromatic nitrogens is 2. The van der Waals surface area contributed by atoms with Gasteiger partial charge < -0.3 is 34.8 Å². The fourth-order valence-corrected chi connectivity index (χ4v) is 11.3. The molecule has 67 heavy (non-hydrogen) atoms. The number of nitrogens with one attached hydrogen (secondary N) is 2. The summed E-state index contributed by atoms with van der Waals surface area (Å²) in [6.07, 6.45) is 4.47. The lowest BCUT2D eigenvalue weighted by molar-refractivity contribution is -0.204. The number of hydrogen-bond acceptors (Lipinski definition) is 9. The Labute approximate surface area is 387 Å². The maximum Gasteiger partial charge on any atom is 0.410 e. The van der Waals surface area contributed by atoms with Crippen molar-refractivity contribution in [1.82, 2.24) is 34.7 Å². The van der Waals surface area contributed by atoms with Crippen molar-refractivity contribution < 1.29 is 46.2 Å². The number of rotatable bonds is 13. The summed E-state index contributed by atoms with van der Waals surface area (Å²) in [5, 5.41) is 9.80. The van der Waals surface area contributed by atoms with Gasteiger partial charge in [0.15, 0.2) is 0 Å². The number of fused-ring (bicyclic) bond motifs is 1. The van der Waals surface area contributed by atoms with Crippen LogP contribution in [-0.4, -0.2) is 129 Å². The number of halogens is 4. The molecule has 18 heteroatoms. The molecule has 3 saturated heterocycles. The highest BCUT2D eigenvalue weighted by atomic mass is 19.4. The molecule has 4 amide bonds. The molecule has 3 aromatic rings. The summed E-state index contributed by atoms with van der Waals surface area (Å²) in [6, 6.07) is 10.0. The Morgan fingerprint density at radius 2 is 1.64 bits per heavy atom. The second-order valence-corrected chi connectivity index (χ2v) is 20.2. The van der Waals surface area contributed by atoms with Crippen LogP contribution in [-0.2, 0) is 28.0 Å². The van der Waals surface area contributed by atoms with Crippen LogP contribution in [0.2, 0.25) is 0 Å². The van der Waals surface area contributed by atoms with Crippen molar-refractivity contribution in [3.05, 3.63) is 77.4 Å². The minimum atomic E-state index is -4.65. The Bertz CT molecular complexity index is 2310. The van der Waals surface area contributed by atoms with Crippen LogP contribution in [0, 0.1) is 29.5 Å². The van der Waals surface area contributed by atoms with Gasteiger partial charge in [0.25, 0.3) is 5.91 Å². The number of piperazine rings is 1. The largest absolute Gasteiger partial charge is 0.487 e. The number of amides is 4. The molecule has 3 atom stereocenters. The number of benzene rings is 2. The zero-order valence-electron chi connectivity index (χ0n) is 37.9. The summed E-state index contributed by atoms with van der Waals surface area (Å²) in [5.41, 5.74) is 0.0180. The number of hydrogen-bond donors (Lipinski definition) is 2. The summed E-state index contributed by atoms with van der Waals surface area (Å²) < 4.78 is 76.0. The van der Waals surface area contributed by atoms with Gasteiger partial charge in [0.2, 0.25) is 11.8 Å². The molecule has 0 bridgehead atoms. The van der Waals surface area contributed by atoms with E-state index in [1.54, 1.807) is 18.0 Å². The van der Waals surface area contributed by atoms with Gasteiger partial charge in [-0.05, 0) is 106 Å². The van der Waals surface area contributed by atoms with Crippen molar-refractivity contribution in [3.8, 4) is 5.75 Å². The Morgan fingerprint density at radius 3 is 2.27 bits per heavy atom. The van der Waals surface area contributed by atoms with E-state index in [0.29, 0.717) is 6.04 Å². The molecule has 1 spiro atoms. The Morgan fingerprint density at radius 1 is 0.940 bits per heavy atom. The predicted octanol–water partition coefficient (Wildman–Crippen LogP) is 6.68. The smallest absolute Gasteiger partial charge is 0.410 e. The molecule has 1 unspecified atom stereocenters. The summed E-state index contributed by atoms with van der Waals surface area (Å²) in [4.78, 5) is 62.1. The number of piperidine rings is 2. The first-order valence-electron chi connectivity index (χ1n) is 24.1. The molecule has 6 fully saturated rings. The third-order valence-corrected chi connectivity index (χ3v) is 15.5. The number of aryl methyl sites for hydroxylation is 1. The lowest BCUT2D eigenvalue weighted by atomic mass is 9.79. The lowest BCUT2D eigenvalue weighted by Crippen LogP contribution is -2.63. The van der Waals surface area contributed by atoms with E-state index < -0.39 is 72.6 Å². The van der Waals surface area contributed by atoms with Gasteiger partial charge >= 0.3 is 12.3 Å². The van der Waals surface area contributed by atoms with Crippen molar-refractivity contribution in [3.63, 3.8) is 0 Å². The van der Waals surface area contributed by atoms with E-state index in [-0.39, 0.29) is 91.9 Å². The molecule has 1 aromatic heterocycles. The highest BCUT2D eigenvalue weighted by Crippen LogP contribution is 2.52. The Hall–Kier alpha value is -5.23. The molecular weight excluding hydrogens is 873 g/mol. The standard InChI is InChI=1S/C49H60F4N8O6/c1-57-38(13-18-54-57)45(63)56-44(43(32-7-8-32)33-9-10-33)46(64)55-37-24-40-35(23-36(37)50)39(25-48(67-40)16-21-59(22-17-48)47(65)66-29-31-5-3-2-4-6-31)61-27-41(49(51,52)53)60(28-42(61)62)26-30-14-19-58(20-15-30)34-11-12-34/h2-6,13,18,23-24,30,32-34,39,41,43-44H,7-12,14-17,19-22,25-29H2,1H3,(H,55,64)(H,56,63)/t39?,41-,44-/m0/s1. The normalized spacial score (nSPS) is 24.3. The molecule has 0 radical (unpaired) electrons. The zero-order valence-corrected chi connectivity index (χ0v) is 37.9. The van der Waals surface area contributed by atoms with Crippen LogP contribution in [0.1, 0.15) is 98.3 Å². The molecule has 360 valence electrons. The minimum absolute atomic E-state index is 0.0328. The van der Waals surface area contributed by atoms with E-state index in [4.69, 9.17) is 9.47 Å². The van der Waals surface area contributed by atoms with Crippen molar-refractivity contribution >= 4 is 29.5 Å². The summed E-state index contributed by atoms with van der Waals surface area (Å²) >= 11 is 0. The summed E-state index contributed by atoms with van der Waals surface area (Å²) in [7, 11) is 1.63. The van der Waals surface area contributed by atoms with Gasteiger partial charge in [-0.15, -0.1) is 0 Å². The monoisotopic (exact) mass is 932 g/mol. The SMILES string of the molecule is Cn1nccc1C(=O)N[C@H](C(=O)Nc1cc2c(cc1F)C(N1C[C@@H](C(F)(F)F)N(CC3CCN(C4CC4)CC3)CC1=O)CC1(CCN(C(=O)OCc3ccccc3)CC1)O2)C(C1CC1)C1CC1. The second-order valence-electron chi connectivity index (χ2n) is 20.2. The van der Waals surface area contributed by atoms with Crippen LogP contribution in [0.15, 0.2) is 54.7 Å². The molecule has 3 saturated carbocycles. The maximum atomic E-state index is 16.6. The van der Waals surface area contributed by atoms with Crippen molar-refractivity contribution in [1.29, 1.82) is 0 Å². The number of alkyl halides is 3. The first-order chi connectivity index (χ1) is 32.2. The predicted molar refractivity (Wildman–Crippen MR) is 237 cm³/mol. The topological polar surface area (TPSA) is 142 Å². The average molecular weight is 933 g/mol. The second kappa shape index (κ2) is 18.4. The highest BCUT2D eigenvalue weighted by Gasteiger charge is 2.54. The number of ether oxygens (including phenoxy) is 2. The van der Waals surface area contributed by atoms with Crippen LogP contribution in [0.4, 0.5) is 28.0 Å². The number of carbonyl (C=O) groups is 4. The number of likely N-dealkylation sites (tertiary alicyclic amines) is 2. The van der Waals surface area contributed by atoms with Gasteiger partial charge in [-0.1, -0.05) is 30.3 Å². The molecule has 7 aliphatic rings. The van der Waals surface area contributed by atoms with Gasteiger partial charge in [0, 0.05) is 76.4 Å². The molecule has 10 rings (SSSR count). The van der Waals surface area contributed by atoms with Crippen molar-refractivity contribution in [2.75, 3.05) is 51.1 Å². The van der Waals surface area contributed by atoms with Crippen LogP contribution in [0.3, 0.4) is 0 Å². The first kappa shape index (κ1) is 45.5. The lowest BCUT2D eigenvalue weighted by Gasteiger charge is -2.51. The van der Waals surface area contributed by atoms with Crippen molar-refractivity contribution in [2.45, 2.75) is 113 Å². The third-order valence-electron chi connectivity index (χ3n) is 15.5. The number of carbonyl (C=O) groups excluding carboxylic acids is 4. The van der Waals surface area contributed by atoms with E-state index in [0.717, 1.165) is 63.2 Å². The Kier molecular flexibility index (Phi) is 12.5. The van der Waals surface area contributed by atoms with Crippen LogP contribution in [0.5, 0.6) is 5.75 Å². The highest BCUT2D eigenvalue weighted by molar-refractivity contribution is 6.01. The quantitative estimate of drug-likeness (QED) is 0.180. The van der Waals surface area contributed by atoms with Crippen LogP contribution < -0.4 is 15.4 Å². The van der Waals surface area contributed by atoms with Gasteiger partial charge in [-0.3, -0.25) is 24.0 Å². The van der Waals surface area contributed by atoms with Gasteiger partial charge in [0.05, 0.1) is 18.3 Å². The van der Waals surface area contributed by atoms with E-state index in [2.05, 4.69) is 20.6 Å². The molecule has 2 aromatic carbocycles. The third kappa shape index (κ3) is 10.0. The molecule has 4 aliphatic heterocycles. The average Bonchev–Trinajstić information content (AvgIpc) is 4.17. The van der Waals surface area contributed by atoms with Gasteiger partial charge in [-0.2, -0.15) is 18.3 Å². The molecule has 2 N–H and O–H groups in total. The number of nitrogens with zero attached hydrogens (tertiary/aromatic N) is 6. The van der Waals surface area contributed by atoms with E-state index in [1.807, 2.05) is 30.3 Å². The molecular formula is C49H60F4N8O6. The number of anilines is 1. The zero-order chi connectivity index (χ0) is 46.6. The fraction of sp³-hybridized carbons (Fsp3) is 0.612. The summed E-state index contributed by atoms with van der Waals surface area (Å²) in [5.74, 6) is -1.96. The van der Waals surface area contributed by atoms with Crippen LogP contribution >= 0.6 is 0 Å². The van der Waals surface area contributed by atoms with Crippen molar-refractivity contribution in [2.24, 2.45) is 30.7 Å². The molecule has 14 nitrogen and oxygen atoms in total. The Balaban J connectivity index is 0.917. The van der Waals surface area contributed by atoms with Crippen LogP contribution in [0.25, 0.3) is 0 Å². The first-order valence-corrected chi connectivity index (χ1v) is 24.1. The minimum Gasteiger partial charge on any atom is -0.487 e. The van der Waals surface area contributed by atoms with Gasteiger partial charge in [0.1, 0.15) is 41.6 Å². The van der Waals surface area contributed by atoms with E-state index in [9.17, 15) is 19.2 Å².